The Hall–Kier alpha value is -2.70. The van der Waals surface area contributed by atoms with Gasteiger partial charge in [-0.1, -0.05) is 48.0 Å². The third-order valence-corrected chi connectivity index (χ3v) is 5.21. The van der Waals surface area contributed by atoms with Crippen molar-refractivity contribution in [1.82, 2.24) is 14.7 Å². The second-order valence-electron chi connectivity index (χ2n) is 7.70. The molecule has 6 nitrogen and oxygen atoms in total. The Bertz CT molecular complexity index is 799. The van der Waals surface area contributed by atoms with Crippen LogP contribution in [0.4, 0.5) is 5.69 Å². The van der Waals surface area contributed by atoms with Gasteiger partial charge in [0.25, 0.3) is 0 Å². The second kappa shape index (κ2) is 10.2. The molecule has 0 radical (unpaired) electrons. The Morgan fingerprint density at radius 3 is 2.10 bits per heavy atom. The lowest BCUT2D eigenvalue weighted by molar-refractivity contribution is -0.132. The van der Waals surface area contributed by atoms with Crippen molar-refractivity contribution >= 4 is 17.5 Å². The molecule has 29 heavy (non-hydrogen) atoms. The zero-order valence-electron chi connectivity index (χ0n) is 17.3. The molecule has 2 aromatic carbocycles. The first kappa shape index (κ1) is 21.0. The Morgan fingerprint density at radius 2 is 1.48 bits per heavy atom. The number of likely N-dealkylation sites (N-methyl/N-ethyl adjacent to an activating group) is 1. The number of benzene rings is 2. The maximum Gasteiger partial charge on any atom is 0.238 e. The number of rotatable bonds is 7. The van der Waals surface area contributed by atoms with Crippen LogP contribution in [0, 0.1) is 6.92 Å². The maximum absolute atomic E-state index is 12.5. The van der Waals surface area contributed by atoms with Crippen LogP contribution in [0.15, 0.2) is 54.6 Å². The molecule has 1 heterocycles. The predicted octanol–water partition coefficient (Wildman–Crippen LogP) is 2.21. The molecular weight excluding hydrogens is 364 g/mol. The van der Waals surface area contributed by atoms with E-state index in [0.717, 1.165) is 37.4 Å². The highest BCUT2D eigenvalue weighted by molar-refractivity contribution is 5.92. The third kappa shape index (κ3) is 6.69. The first-order chi connectivity index (χ1) is 14.0. The van der Waals surface area contributed by atoms with E-state index >= 15 is 0 Å². The zero-order chi connectivity index (χ0) is 20.6. The predicted molar refractivity (Wildman–Crippen MR) is 116 cm³/mol. The molecule has 1 aliphatic rings. The summed E-state index contributed by atoms with van der Waals surface area (Å²) in [6.45, 7) is 6.61. The topological polar surface area (TPSA) is 55.9 Å². The van der Waals surface area contributed by atoms with Gasteiger partial charge in [0.15, 0.2) is 0 Å². The van der Waals surface area contributed by atoms with E-state index < -0.39 is 0 Å². The lowest BCUT2D eigenvalue weighted by atomic mass is 10.2. The van der Waals surface area contributed by atoms with Gasteiger partial charge in [-0.2, -0.15) is 0 Å². The summed E-state index contributed by atoms with van der Waals surface area (Å²) in [5.41, 5.74) is 3.13. The number of nitrogens with zero attached hydrogens (tertiary/aromatic N) is 3. The van der Waals surface area contributed by atoms with Gasteiger partial charge >= 0.3 is 0 Å². The molecule has 3 rings (SSSR count). The quantitative estimate of drug-likeness (QED) is 0.782. The molecule has 1 fully saturated rings. The molecule has 0 spiro atoms. The monoisotopic (exact) mass is 394 g/mol. The number of anilines is 1. The summed E-state index contributed by atoms with van der Waals surface area (Å²) >= 11 is 0. The van der Waals surface area contributed by atoms with Gasteiger partial charge < -0.3 is 10.2 Å². The van der Waals surface area contributed by atoms with Crippen molar-refractivity contribution in [3.63, 3.8) is 0 Å². The van der Waals surface area contributed by atoms with E-state index in [1.54, 1.807) is 4.90 Å². The van der Waals surface area contributed by atoms with Crippen molar-refractivity contribution in [1.29, 1.82) is 0 Å². The molecule has 0 aliphatic carbocycles. The van der Waals surface area contributed by atoms with E-state index in [0.29, 0.717) is 19.6 Å². The molecule has 0 unspecified atom stereocenters. The number of carbonyl (C=O) groups is 2. The van der Waals surface area contributed by atoms with Crippen LogP contribution in [0.1, 0.15) is 11.1 Å². The minimum absolute atomic E-state index is 0.000902. The molecule has 0 atom stereocenters. The van der Waals surface area contributed by atoms with Crippen molar-refractivity contribution in [3.8, 4) is 0 Å². The summed E-state index contributed by atoms with van der Waals surface area (Å²) in [6.07, 6.45) is 0. The van der Waals surface area contributed by atoms with Crippen LogP contribution in [-0.4, -0.2) is 72.8 Å². The highest BCUT2D eigenvalue weighted by Crippen LogP contribution is 2.09. The average molecular weight is 395 g/mol. The van der Waals surface area contributed by atoms with E-state index in [1.807, 2.05) is 68.6 Å². The lowest BCUT2D eigenvalue weighted by Gasteiger charge is -2.34. The smallest absolute Gasteiger partial charge is 0.238 e. The van der Waals surface area contributed by atoms with Crippen molar-refractivity contribution in [2.75, 3.05) is 51.6 Å². The number of aryl methyl sites for hydroxylation is 1. The standard InChI is InChI=1S/C23H30N4O2/c1-19-8-10-21(11-9-19)24-22(28)17-26-12-14-27(15-13-26)18-23(29)25(2)16-20-6-4-3-5-7-20/h3-11H,12-18H2,1-2H3,(H,24,28). The molecule has 1 saturated heterocycles. The van der Waals surface area contributed by atoms with Gasteiger partial charge in [0, 0.05) is 45.5 Å². The minimum atomic E-state index is 0.000902. The highest BCUT2D eigenvalue weighted by atomic mass is 16.2. The van der Waals surface area contributed by atoms with Gasteiger partial charge in [0.2, 0.25) is 11.8 Å². The molecule has 6 heteroatoms. The number of piperazine rings is 1. The Morgan fingerprint density at radius 1 is 0.897 bits per heavy atom. The Kier molecular flexibility index (Phi) is 7.38. The zero-order valence-corrected chi connectivity index (χ0v) is 17.3. The Labute approximate surface area is 173 Å². The van der Waals surface area contributed by atoms with Crippen LogP contribution < -0.4 is 5.32 Å². The molecule has 0 bridgehead atoms. The minimum Gasteiger partial charge on any atom is -0.340 e. The fourth-order valence-corrected chi connectivity index (χ4v) is 3.40. The van der Waals surface area contributed by atoms with Gasteiger partial charge in [-0.3, -0.25) is 19.4 Å². The summed E-state index contributed by atoms with van der Waals surface area (Å²) in [7, 11) is 1.85. The van der Waals surface area contributed by atoms with Crippen LogP contribution in [0.2, 0.25) is 0 Å². The molecule has 0 saturated carbocycles. The van der Waals surface area contributed by atoms with Gasteiger partial charge in [-0.05, 0) is 24.6 Å². The van der Waals surface area contributed by atoms with Crippen LogP contribution in [-0.2, 0) is 16.1 Å². The van der Waals surface area contributed by atoms with Gasteiger partial charge in [-0.25, -0.2) is 0 Å². The number of nitrogens with one attached hydrogen (secondary N) is 1. The fraction of sp³-hybridized carbons (Fsp3) is 0.391. The molecular formula is C23H30N4O2. The largest absolute Gasteiger partial charge is 0.340 e. The highest BCUT2D eigenvalue weighted by Gasteiger charge is 2.22. The summed E-state index contributed by atoms with van der Waals surface area (Å²) in [5.74, 6) is 0.125. The summed E-state index contributed by atoms with van der Waals surface area (Å²) in [5, 5.41) is 2.94. The first-order valence-electron chi connectivity index (χ1n) is 10.1. The van der Waals surface area contributed by atoms with Crippen molar-refractivity contribution < 1.29 is 9.59 Å². The van der Waals surface area contributed by atoms with Gasteiger partial charge in [-0.15, -0.1) is 0 Å². The molecule has 154 valence electrons. The number of carbonyl (C=O) groups excluding carboxylic acids is 2. The normalized spacial score (nSPS) is 15.1. The molecule has 2 amide bonds. The molecule has 1 N–H and O–H groups in total. The lowest BCUT2D eigenvalue weighted by Crippen LogP contribution is -2.51. The maximum atomic E-state index is 12.5. The van der Waals surface area contributed by atoms with Crippen molar-refractivity contribution in [2.24, 2.45) is 0 Å². The van der Waals surface area contributed by atoms with Gasteiger partial charge in [0.05, 0.1) is 13.1 Å². The number of amides is 2. The van der Waals surface area contributed by atoms with E-state index in [4.69, 9.17) is 0 Å². The fourth-order valence-electron chi connectivity index (χ4n) is 3.40. The molecule has 1 aliphatic heterocycles. The van der Waals surface area contributed by atoms with E-state index in [1.165, 1.54) is 5.56 Å². The number of hydrogen-bond acceptors (Lipinski definition) is 4. The van der Waals surface area contributed by atoms with Crippen LogP contribution >= 0.6 is 0 Å². The second-order valence-corrected chi connectivity index (χ2v) is 7.70. The Balaban J connectivity index is 1.37. The van der Waals surface area contributed by atoms with Crippen molar-refractivity contribution in [2.45, 2.75) is 13.5 Å². The summed E-state index contributed by atoms with van der Waals surface area (Å²) in [4.78, 5) is 30.8. The summed E-state index contributed by atoms with van der Waals surface area (Å²) < 4.78 is 0. The van der Waals surface area contributed by atoms with E-state index in [2.05, 4.69) is 15.1 Å². The first-order valence-corrected chi connectivity index (χ1v) is 10.1. The van der Waals surface area contributed by atoms with Gasteiger partial charge in [0.1, 0.15) is 0 Å². The van der Waals surface area contributed by atoms with Crippen LogP contribution in [0.3, 0.4) is 0 Å². The summed E-state index contributed by atoms with van der Waals surface area (Å²) in [6, 6.07) is 17.8. The molecule has 0 aromatic heterocycles. The van der Waals surface area contributed by atoms with Crippen LogP contribution in [0.25, 0.3) is 0 Å². The SMILES string of the molecule is Cc1ccc(NC(=O)CN2CCN(CC(=O)N(C)Cc3ccccc3)CC2)cc1. The number of hydrogen-bond donors (Lipinski definition) is 1. The molecule has 2 aromatic rings. The average Bonchev–Trinajstić information content (AvgIpc) is 2.72. The third-order valence-electron chi connectivity index (χ3n) is 5.21. The van der Waals surface area contributed by atoms with E-state index in [9.17, 15) is 9.59 Å². The van der Waals surface area contributed by atoms with Crippen molar-refractivity contribution in [3.05, 3.63) is 65.7 Å². The van der Waals surface area contributed by atoms with E-state index in [-0.39, 0.29) is 11.8 Å². The van der Waals surface area contributed by atoms with Crippen LogP contribution in [0.5, 0.6) is 0 Å².